The monoisotopic (exact) mass is 612 g/mol. The van der Waals surface area contributed by atoms with Gasteiger partial charge < -0.3 is 19.8 Å². The zero-order valence-corrected chi connectivity index (χ0v) is 28.9. The van der Waals surface area contributed by atoms with E-state index in [0.29, 0.717) is 13.0 Å². The zero-order chi connectivity index (χ0) is 31.8. The third-order valence-corrected chi connectivity index (χ3v) is 9.04. The van der Waals surface area contributed by atoms with E-state index in [1.807, 2.05) is 0 Å². The number of rotatable bonds is 34. The fourth-order valence-electron chi connectivity index (χ4n) is 6.08. The molecule has 0 fully saturated rings. The molecule has 0 heterocycles. The summed E-state index contributed by atoms with van der Waals surface area (Å²) in [6.45, 7) is 10.1. The van der Waals surface area contributed by atoms with Crippen LogP contribution in [0.5, 0.6) is 0 Å². The number of carboxylic acids is 1. The maximum absolute atomic E-state index is 11.9. The maximum atomic E-state index is 11.9. The maximum Gasteiger partial charge on any atom is 0.306 e. The molecule has 0 aliphatic heterocycles. The van der Waals surface area contributed by atoms with Crippen molar-refractivity contribution in [2.45, 2.75) is 181 Å². The SMILES string of the molecule is CCCCCCCCCOC(=O)CCCCCCCN(CCO)CCCCCCC(C(=O)O)C(C)CCCCCCCC. The number of carbonyl (C=O) groups excluding carboxylic acids is 1. The van der Waals surface area contributed by atoms with E-state index in [2.05, 4.69) is 25.7 Å². The van der Waals surface area contributed by atoms with Crippen molar-refractivity contribution >= 4 is 11.9 Å². The predicted molar refractivity (Wildman–Crippen MR) is 182 cm³/mol. The standard InChI is InChI=1S/C37H73NO5/c1-4-6-8-10-12-19-25-33-43-36(40)28-22-15-13-17-23-29-38(31-32-39)30-24-18-16-21-27-35(37(41)42)34(3)26-20-14-11-9-7-5-2/h34-35,39H,4-33H2,1-3H3,(H,41,42). The topological polar surface area (TPSA) is 87.1 Å². The third kappa shape index (κ3) is 28.1. The summed E-state index contributed by atoms with van der Waals surface area (Å²) in [6.07, 6.45) is 28.3. The van der Waals surface area contributed by atoms with Crippen LogP contribution in [0.4, 0.5) is 0 Å². The van der Waals surface area contributed by atoms with Crippen molar-refractivity contribution in [1.29, 1.82) is 0 Å². The van der Waals surface area contributed by atoms with Crippen LogP contribution in [0.3, 0.4) is 0 Å². The number of hydrogen-bond donors (Lipinski definition) is 2. The van der Waals surface area contributed by atoms with E-state index in [1.54, 1.807) is 0 Å². The van der Waals surface area contributed by atoms with E-state index < -0.39 is 5.97 Å². The van der Waals surface area contributed by atoms with Crippen LogP contribution in [-0.4, -0.2) is 59.9 Å². The molecule has 0 saturated heterocycles. The van der Waals surface area contributed by atoms with Crippen molar-refractivity contribution in [1.82, 2.24) is 4.90 Å². The van der Waals surface area contributed by atoms with Gasteiger partial charge in [-0.25, -0.2) is 0 Å². The first-order valence-electron chi connectivity index (χ1n) is 18.7. The minimum absolute atomic E-state index is 0.0405. The highest BCUT2D eigenvalue weighted by Gasteiger charge is 2.23. The van der Waals surface area contributed by atoms with Crippen molar-refractivity contribution in [3.63, 3.8) is 0 Å². The Hall–Kier alpha value is -1.14. The second kappa shape index (κ2) is 32.3. The molecule has 43 heavy (non-hydrogen) atoms. The number of aliphatic carboxylic acids is 1. The lowest BCUT2D eigenvalue weighted by molar-refractivity contribution is -0.144. The third-order valence-electron chi connectivity index (χ3n) is 9.04. The first kappa shape index (κ1) is 41.9. The highest BCUT2D eigenvalue weighted by atomic mass is 16.5. The number of carboxylic acid groups (broad SMARTS) is 1. The lowest BCUT2D eigenvalue weighted by atomic mass is 9.85. The Morgan fingerprint density at radius 3 is 1.60 bits per heavy atom. The summed E-state index contributed by atoms with van der Waals surface area (Å²) < 4.78 is 5.38. The second-order valence-electron chi connectivity index (χ2n) is 13.1. The van der Waals surface area contributed by atoms with Gasteiger partial charge in [0.25, 0.3) is 0 Å². The molecule has 0 saturated carbocycles. The highest BCUT2D eigenvalue weighted by Crippen LogP contribution is 2.25. The van der Waals surface area contributed by atoms with E-state index in [9.17, 15) is 19.8 Å². The molecular weight excluding hydrogens is 538 g/mol. The Labute approximate surface area is 267 Å². The molecule has 0 aromatic rings. The molecule has 2 atom stereocenters. The first-order valence-corrected chi connectivity index (χ1v) is 18.7. The number of ether oxygens (including phenoxy) is 1. The molecule has 0 aromatic carbocycles. The normalized spacial score (nSPS) is 13.0. The van der Waals surface area contributed by atoms with Gasteiger partial charge in [0.05, 0.1) is 19.1 Å². The number of nitrogens with zero attached hydrogens (tertiary/aromatic N) is 1. The minimum atomic E-state index is -0.619. The van der Waals surface area contributed by atoms with Gasteiger partial charge in [-0.15, -0.1) is 0 Å². The molecule has 0 amide bonds. The molecule has 0 aromatic heterocycles. The van der Waals surface area contributed by atoms with Crippen molar-refractivity contribution in [3.8, 4) is 0 Å². The van der Waals surface area contributed by atoms with Gasteiger partial charge in [0.1, 0.15) is 0 Å². The van der Waals surface area contributed by atoms with Crippen LogP contribution in [0.2, 0.25) is 0 Å². The van der Waals surface area contributed by atoms with Crippen LogP contribution < -0.4 is 0 Å². The zero-order valence-electron chi connectivity index (χ0n) is 28.9. The van der Waals surface area contributed by atoms with Gasteiger partial charge in [-0.05, 0) is 57.5 Å². The summed E-state index contributed by atoms with van der Waals surface area (Å²) in [5.74, 6) is -0.605. The van der Waals surface area contributed by atoms with E-state index in [4.69, 9.17) is 4.74 Å². The van der Waals surface area contributed by atoms with Gasteiger partial charge in [-0.3, -0.25) is 9.59 Å². The van der Waals surface area contributed by atoms with Gasteiger partial charge in [0, 0.05) is 13.0 Å². The molecule has 0 aliphatic rings. The molecule has 6 nitrogen and oxygen atoms in total. The number of carbonyl (C=O) groups is 2. The number of aliphatic hydroxyl groups is 1. The second-order valence-corrected chi connectivity index (χ2v) is 13.1. The molecule has 256 valence electrons. The fourth-order valence-corrected chi connectivity index (χ4v) is 6.08. The summed E-state index contributed by atoms with van der Waals surface area (Å²) >= 11 is 0. The summed E-state index contributed by atoms with van der Waals surface area (Å²) in [5, 5.41) is 19.2. The summed E-state index contributed by atoms with van der Waals surface area (Å²) in [4.78, 5) is 26.1. The molecule has 0 rings (SSSR count). The molecule has 0 bridgehead atoms. The summed E-state index contributed by atoms with van der Waals surface area (Å²) in [6, 6.07) is 0. The lowest BCUT2D eigenvalue weighted by Gasteiger charge is -2.22. The smallest absolute Gasteiger partial charge is 0.306 e. The first-order chi connectivity index (χ1) is 21.0. The van der Waals surface area contributed by atoms with Crippen molar-refractivity contribution in [2.75, 3.05) is 32.8 Å². The van der Waals surface area contributed by atoms with Gasteiger partial charge in [-0.2, -0.15) is 0 Å². The molecule has 0 aliphatic carbocycles. The number of aliphatic hydroxyl groups excluding tert-OH is 1. The molecule has 2 N–H and O–H groups in total. The molecular formula is C37H73NO5. The van der Waals surface area contributed by atoms with E-state index in [0.717, 1.165) is 110 Å². The Morgan fingerprint density at radius 1 is 0.605 bits per heavy atom. The Bertz CT molecular complexity index is 614. The average molecular weight is 612 g/mol. The molecule has 0 radical (unpaired) electrons. The van der Waals surface area contributed by atoms with Gasteiger partial charge in [0.2, 0.25) is 0 Å². The molecule has 6 heteroatoms. The molecule has 0 spiro atoms. The van der Waals surface area contributed by atoms with Gasteiger partial charge in [-0.1, -0.05) is 136 Å². The van der Waals surface area contributed by atoms with Crippen molar-refractivity contribution in [2.24, 2.45) is 11.8 Å². The quantitative estimate of drug-likeness (QED) is 0.0556. The Balaban J connectivity index is 3.82. The van der Waals surface area contributed by atoms with Crippen LogP contribution in [-0.2, 0) is 14.3 Å². The van der Waals surface area contributed by atoms with Crippen LogP contribution in [0.15, 0.2) is 0 Å². The number of unbranched alkanes of at least 4 members (excludes halogenated alkanes) is 18. The number of hydrogen-bond acceptors (Lipinski definition) is 5. The highest BCUT2D eigenvalue weighted by molar-refractivity contribution is 5.70. The average Bonchev–Trinajstić information content (AvgIpc) is 2.98. The van der Waals surface area contributed by atoms with Crippen molar-refractivity contribution < 1.29 is 24.5 Å². The number of esters is 1. The van der Waals surface area contributed by atoms with Crippen LogP contribution >= 0.6 is 0 Å². The largest absolute Gasteiger partial charge is 0.481 e. The van der Waals surface area contributed by atoms with Crippen LogP contribution in [0.1, 0.15) is 181 Å². The fraction of sp³-hybridized carbons (Fsp3) is 0.946. The van der Waals surface area contributed by atoms with E-state index in [-0.39, 0.29) is 24.4 Å². The summed E-state index contributed by atoms with van der Waals surface area (Å²) in [5.41, 5.74) is 0. The van der Waals surface area contributed by atoms with Gasteiger partial charge in [0.15, 0.2) is 0 Å². The lowest BCUT2D eigenvalue weighted by Crippen LogP contribution is -2.29. The van der Waals surface area contributed by atoms with Gasteiger partial charge >= 0.3 is 11.9 Å². The summed E-state index contributed by atoms with van der Waals surface area (Å²) in [7, 11) is 0. The minimum Gasteiger partial charge on any atom is -0.481 e. The van der Waals surface area contributed by atoms with Crippen LogP contribution in [0, 0.1) is 11.8 Å². The van der Waals surface area contributed by atoms with Crippen LogP contribution in [0.25, 0.3) is 0 Å². The molecule has 2 unspecified atom stereocenters. The van der Waals surface area contributed by atoms with E-state index >= 15 is 0 Å². The Kier molecular flexibility index (Phi) is 31.4. The van der Waals surface area contributed by atoms with Crippen molar-refractivity contribution in [3.05, 3.63) is 0 Å². The Morgan fingerprint density at radius 2 is 1.07 bits per heavy atom. The van der Waals surface area contributed by atoms with E-state index in [1.165, 1.54) is 64.2 Å². The predicted octanol–water partition coefficient (Wildman–Crippen LogP) is 9.95.